The average Bonchev–Trinajstić information content (AvgIpc) is 3.11. The van der Waals surface area contributed by atoms with Crippen molar-refractivity contribution in [3.63, 3.8) is 0 Å². The van der Waals surface area contributed by atoms with Gasteiger partial charge in [-0.1, -0.05) is 53.2 Å². The Morgan fingerprint density at radius 2 is 1.69 bits per heavy atom. The summed E-state index contributed by atoms with van der Waals surface area (Å²) >= 11 is 18.2. The first-order valence-corrected chi connectivity index (χ1v) is 12.2. The molecule has 0 spiro atoms. The number of nitrogens with zero attached hydrogens (tertiary/aromatic N) is 1. The van der Waals surface area contributed by atoms with E-state index in [-0.39, 0.29) is 4.32 Å². The van der Waals surface area contributed by atoms with Crippen molar-refractivity contribution in [1.29, 1.82) is 0 Å². The molecule has 1 fully saturated rings. The topological polar surface area (TPSA) is 67.9 Å². The summed E-state index contributed by atoms with van der Waals surface area (Å²) in [5.74, 6) is 0.175. The molecule has 1 heterocycles. The molecule has 0 radical (unpaired) electrons. The van der Waals surface area contributed by atoms with Crippen LogP contribution in [0.4, 0.5) is 0 Å². The van der Waals surface area contributed by atoms with E-state index in [1.807, 2.05) is 12.1 Å². The van der Waals surface area contributed by atoms with Crippen LogP contribution in [0, 0.1) is 0 Å². The highest BCUT2D eigenvalue weighted by Crippen LogP contribution is 2.34. The number of benzene rings is 3. The predicted octanol–water partition coefficient (Wildman–Crippen LogP) is 6.13. The molecule has 0 atom stereocenters. The highest BCUT2D eigenvalue weighted by atomic mass is 35.5. The quantitative estimate of drug-likeness (QED) is 0.285. The summed E-state index contributed by atoms with van der Waals surface area (Å²) < 4.78 is 11.6. The van der Waals surface area contributed by atoms with Crippen LogP contribution >= 0.6 is 47.2 Å². The number of ether oxygens (including phenoxy) is 2. The van der Waals surface area contributed by atoms with Crippen molar-refractivity contribution in [3.05, 3.63) is 98.4 Å². The average molecular weight is 545 g/mol. The number of thioether (sulfide) groups is 1. The second-order valence-electron chi connectivity index (χ2n) is 7.29. The maximum Gasteiger partial charge on any atom is 0.285 e. The number of hydrogen-bond acceptors (Lipinski definition) is 6. The van der Waals surface area contributed by atoms with E-state index < -0.39 is 11.8 Å². The minimum atomic E-state index is -0.469. The number of carbonyl (C=O) groups excluding carboxylic acids is 2. The molecule has 0 unspecified atom stereocenters. The first kappa shape index (κ1) is 25.1. The first-order valence-electron chi connectivity index (χ1n) is 10.2. The Kier molecular flexibility index (Phi) is 7.97. The third-order valence-electron chi connectivity index (χ3n) is 4.91. The fraction of sp³-hybridized carbons (Fsp3) is 0.0800. The fourth-order valence-electron chi connectivity index (χ4n) is 3.12. The normalized spacial score (nSPS) is 14.4. The molecule has 6 nitrogen and oxygen atoms in total. The predicted molar refractivity (Wildman–Crippen MR) is 143 cm³/mol. The molecule has 0 saturated carbocycles. The number of amides is 2. The van der Waals surface area contributed by atoms with Crippen LogP contribution < -0.4 is 14.9 Å². The van der Waals surface area contributed by atoms with Gasteiger partial charge in [0, 0.05) is 15.6 Å². The summed E-state index contributed by atoms with van der Waals surface area (Å²) in [6.07, 6.45) is 1.68. The number of carbonyl (C=O) groups is 2. The van der Waals surface area contributed by atoms with Gasteiger partial charge < -0.3 is 9.47 Å². The molecule has 0 bridgehead atoms. The monoisotopic (exact) mass is 544 g/mol. The summed E-state index contributed by atoms with van der Waals surface area (Å²) in [4.78, 5) is 25.8. The Bertz CT molecular complexity index is 1310. The molecular weight excluding hydrogens is 527 g/mol. The number of hydrogen-bond donors (Lipinski definition) is 1. The Balaban J connectivity index is 1.46. The Labute approximate surface area is 221 Å². The Hall–Kier alpha value is -3.04. The highest BCUT2D eigenvalue weighted by molar-refractivity contribution is 8.26. The van der Waals surface area contributed by atoms with Crippen molar-refractivity contribution in [1.82, 2.24) is 10.4 Å². The Morgan fingerprint density at radius 3 is 2.34 bits per heavy atom. The molecule has 178 valence electrons. The number of rotatable bonds is 7. The third kappa shape index (κ3) is 6.15. The van der Waals surface area contributed by atoms with Crippen molar-refractivity contribution < 1.29 is 19.1 Å². The molecule has 4 rings (SSSR count). The van der Waals surface area contributed by atoms with E-state index in [1.165, 1.54) is 0 Å². The van der Waals surface area contributed by atoms with Gasteiger partial charge in [-0.05, 0) is 78.0 Å². The number of halogens is 2. The van der Waals surface area contributed by atoms with Crippen LogP contribution in [-0.2, 0) is 11.4 Å². The SMILES string of the molecule is COc1cc(/C=C2/SC(=S)N(NC(=O)c3ccc(Cl)cc3)C2=O)ccc1OCc1ccc(Cl)cc1. The van der Waals surface area contributed by atoms with Gasteiger partial charge in [-0.3, -0.25) is 15.0 Å². The van der Waals surface area contributed by atoms with Gasteiger partial charge in [-0.25, -0.2) is 0 Å². The summed E-state index contributed by atoms with van der Waals surface area (Å²) in [5, 5.41) is 2.22. The summed E-state index contributed by atoms with van der Waals surface area (Å²) in [5.41, 5.74) is 4.57. The van der Waals surface area contributed by atoms with Gasteiger partial charge in [0.1, 0.15) is 6.61 Å². The molecule has 35 heavy (non-hydrogen) atoms. The third-order valence-corrected chi connectivity index (χ3v) is 6.71. The number of thiocarbonyl (C=S) groups is 1. The molecule has 3 aromatic rings. The first-order chi connectivity index (χ1) is 16.8. The van der Waals surface area contributed by atoms with Gasteiger partial charge in [0.2, 0.25) is 0 Å². The molecular formula is C25H18Cl2N2O4S2. The van der Waals surface area contributed by atoms with Crippen molar-refractivity contribution in [2.45, 2.75) is 6.61 Å². The van der Waals surface area contributed by atoms with E-state index in [9.17, 15) is 9.59 Å². The van der Waals surface area contributed by atoms with E-state index in [4.69, 9.17) is 44.9 Å². The lowest BCUT2D eigenvalue weighted by Gasteiger charge is -2.15. The minimum Gasteiger partial charge on any atom is -0.493 e. The second kappa shape index (κ2) is 11.1. The zero-order chi connectivity index (χ0) is 24.9. The molecule has 0 aliphatic carbocycles. The molecule has 1 aliphatic heterocycles. The van der Waals surface area contributed by atoms with Crippen molar-refractivity contribution >= 4 is 69.4 Å². The van der Waals surface area contributed by atoms with Crippen molar-refractivity contribution in [3.8, 4) is 11.5 Å². The van der Waals surface area contributed by atoms with Crippen LogP contribution in [-0.4, -0.2) is 28.3 Å². The van der Waals surface area contributed by atoms with E-state index in [1.54, 1.807) is 67.8 Å². The molecule has 0 aromatic heterocycles. The van der Waals surface area contributed by atoms with Crippen LogP contribution in [0.15, 0.2) is 71.6 Å². The lowest BCUT2D eigenvalue weighted by molar-refractivity contribution is -0.123. The van der Waals surface area contributed by atoms with Crippen LogP contribution in [0.3, 0.4) is 0 Å². The van der Waals surface area contributed by atoms with Gasteiger partial charge in [0.15, 0.2) is 15.8 Å². The van der Waals surface area contributed by atoms with E-state index in [2.05, 4.69) is 5.43 Å². The van der Waals surface area contributed by atoms with E-state index in [0.717, 1.165) is 22.3 Å². The van der Waals surface area contributed by atoms with Gasteiger partial charge in [-0.2, -0.15) is 5.01 Å². The second-order valence-corrected chi connectivity index (χ2v) is 9.84. The molecule has 3 aromatic carbocycles. The number of methoxy groups -OCH3 is 1. The van der Waals surface area contributed by atoms with Crippen LogP contribution in [0.25, 0.3) is 6.08 Å². The molecule has 1 N–H and O–H groups in total. The molecule has 1 saturated heterocycles. The van der Waals surface area contributed by atoms with Crippen LogP contribution in [0.5, 0.6) is 11.5 Å². The standard InChI is InChI=1S/C25H18Cl2N2O4S2/c1-32-21-12-16(4-11-20(21)33-14-15-2-7-18(26)8-3-15)13-22-24(31)29(25(34)35-22)28-23(30)17-5-9-19(27)10-6-17/h2-13H,14H2,1H3,(H,28,30)/b22-13+. The number of nitrogens with one attached hydrogen (secondary N) is 1. The van der Waals surface area contributed by atoms with Gasteiger partial charge >= 0.3 is 0 Å². The minimum absolute atomic E-state index is 0.221. The zero-order valence-corrected chi connectivity index (χ0v) is 21.4. The largest absolute Gasteiger partial charge is 0.493 e. The van der Waals surface area contributed by atoms with E-state index >= 15 is 0 Å². The Morgan fingerprint density at radius 1 is 1.03 bits per heavy atom. The smallest absolute Gasteiger partial charge is 0.285 e. The lowest BCUT2D eigenvalue weighted by Crippen LogP contribution is -2.44. The van der Waals surface area contributed by atoms with Crippen LogP contribution in [0.1, 0.15) is 21.5 Å². The maximum absolute atomic E-state index is 12.9. The lowest BCUT2D eigenvalue weighted by atomic mass is 10.2. The van der Waals surface area contributed by atoms with Crippen molar-refractivity contribution in [2.24, 2.45) is 0 Å². The van der Waals surface area contributed by atoms with Gasteiger partial charge in [0.25, 0.3) is 11.8 Å². The summed E-state index contributed by atoms with van der Waals surface area (Å²) in [6.45, 7) is 0.346. The number of hydrazine groups is 1. The molecule has 1 aliphatic rings. The summed E-state index contributed by atoms with van der Waals surface area (Å²) in [6, 6.07) is 19.0. The fourth-order valence-corrected chi connectivity index (χ4v) is 4.55. The van der Waals surface area contributed by atoms with E-state index in [0.29, 0.717) is 44.2 Å². The maximum atomic E-state index is 12.9. The summed E-state index contributed by atoms with van der Waals surface area (Å²) in [7, 11) is 1.54. The molecule has 10 heteroatoms. The van der Waals surface area contributed by atoms with Crippen molar-refractivity contribution in [2.75, 3.05) is 7.11 Å². The van der Waals surface area contributed by atoms with Crippen LogP contribution in [0.2, 0.25) is 10.0 Å². The van der Waals surface area contributed by atoms with Gasteiger partial charge in [0.05, 0.1) is 12.0 Å². The zero-order valence-electron chi connectivity index (χ0n) is 18.3. The van der Waals surface area contributed by atoms with Gasteiger partial charge in [-0.15, -0.1) is 0 Å². The molecule has 2 amide bonds. The highest BCUT2D eigenvalue weighted by Gasteiger charge is 2.33.